The fourth-order valence-corrected chi connectivity index (χ4v) is 1.69. The quantitative estimate of drug-likeness (QED) is 0.637. The van der Waals surface area contributed by atoms with E-state index >= 15 is 0 Å². The van der Waals surface area contributed by atoms with Gasteiger partial charge in [0.15, 0.2) is 0 Å². The standard InChI is InChI=1S/C12H22F3NO/c1-10(6-7-16-11-4-5-11)3-2-8-17-9-12(13,14)15/h10-11,16H,2-9H2,1H3. The van der Waals surface area contributed by atoms with E-state index in [4.69, 9.17) is 0 Å². The highest BCUT2D eigenvalue weighted by Gasteiger charge is 2.27. The molecule has 0 aliphatic heterocycles. The van der Waals surface area contributed by atoms with Crippen molar-refractivity contribution in [1.82, 2.24) is 5.32 Å². The molecule has 0 saturated heterocycles. The van der Waals surface area contributed by atoms with E-state index in [0.29, 0.717) is 12.3 Å². The lowest BCUT2D eigenvalue weighted by Crippen LogP contribution is -2.20. The molecule has 0 aromatic heterocycles. The summed E-state index contributed by atoms with van der Waals surface area (Å²) in [6, 6.07) is 0.734. The lowest BCUT2D eigenvalue weighted by molar-refractivity contribution is -0.174. The second-order valence-electron chi connectivity index (χ2n) is 4.93. The van der Waals surface area contributed by atoms with Crippen LogP contribution < -0.4 is 5.32 Å². The van der Waals surface area contributed by atoms with Gasteiger partial charge < -0.3 is 10.1 Å². The van der Waals surface area contributed by atoms with E-state index in [9.17, 15) is 13.2 Å². The molecular formula is C12H22F3NO. The van der Waals surface area contributed by atoms with Gasteiger partial charge in [0.2, 0.25) is 0 Å². The molecule has 102 valence electrons. The maximum Gasteiger partial charge on any atom is 0.411 e. The van der Waals surface area contributed by atoms with Crippen molar-refractivity contribution in [1.29, 1.82) is 0 Å². The van der Waals surface area contributed by atoms with E-state index in [1.807, 2.05) is 0 Å². The van der Waals surface area contributed by atoms with Crippen LogP contribution in [0.2, 0.25) is 0 Å². The molecule has 1 aliphatic rings. The Hall–Kier alpha value is -0.290. The second-order valence-corrected chi connectivity index (χ2v) is 4.93. The first-order valence-corrected chi connectivity index (χ1v) is 6.35. The summed E-state index contributed by atoms with van der Waals surface area (Å²) < 4.78 is 39.8. The van der Waals surface area contributed by atoms with Gasteiger partial charge in [0.1, 0.15) is 6.61 Å². The first kappa shape index (κ1) is 14.8. The first-order chi connectivity index (χ1) is 7.97. The Morgan fingerprint density at radius 3 is 2.59 bits per heavy atom. The summed E-state index contributed by atoms with van der Waals surface area (Å²) in [5.41, 5.74) is 0. The van der Waals surface area contributed by atoms with Crippen LogP contribution >= 0.6 is 0 Å². The van der Waals surface area contributed by atoms with Crippen LogP contribution in [0.5, 0.6) is 0 Å². The third-order valence-electron chi connectivity index (χ3n) is 2.90. The van der Waals surface area contributed by atoms with Gasteiger partial charge in [-0.15, -0.1) is 0 Å². The molecule has 17 heavy (non-hydrogen) atoms. The fourth-order valence-electron chi connectivity index (χ4n) is 1.69. The number of rotatable bonds is 9. The number of alkyl halides is 3. The molecule has 1 fully saturated rings. The third kappa shape index (κ3) is 9.41. The molecule has 0 radical (unpaired) electrons. The molecule has 0 bridgehead atoms. The van der Waals surface area contributed by atoms with Gasteiger partial charge in [-0.1, -0.05) is 6.92 Å². The van der Waals surface area contributed by atoms with Crippen molar-refractivity contribution in [3.63, 3.8) is 0 Å². The van der Waals surface area contributed by atoms with E-state index in [0.717, 1.165) is 25.4 Å². The molecule has 1 unspecified atom stereocenters. The maximum atomic E-state index is 11.8. The van der Waals surface area contributed by atoms with Crippen LogP contribution in [0.3, 0.4) is 0 Å². The van der Waals surface area contributed by atoms with Gasteiger partial charge in [0.05, 0.1) is 0 Å². The molecule has 1 rings (SSSR count). The Kier molecular flexibility index (Phi) is 6.27. The summed E-state index contributed by atoms with van der Waals surface area (Å²) in [6.45, 7) is 2.25. The molecule has 0 aromatic carbocycles. The van der Waals surface area contributed by atoms with Crippen molar-refractivity contribution in [2.75, 3.05) is 19.8 Å². The minimum atomic E-state index is -4.19. The van der Waals surface area contributed by atoms with Gasteiger partial charge >= 0.3 is 6.18 Å². The lowest BCUT2D eigenvalue weighted by atomic mass is 10.0. The number of hydrogen-bond donors (Lipinski definition) is 1. The lowest BCUT2D eigenvalue weighted by Gasteiger charge is -2.12. The van der Waals surface area contributed by atoms with Crippen molar-refractivity contribution in [2.24, 2.45) is 5.92 Å². The summed E-state index contributed by atoms with van der Waals surface area (Å²) in [5.74, 6) is 0.552. The van der Waals surface area contributed by atoms with Crippen LogP contribution in [0.4, 0.5) is 13.2 Å². The topological polar surface area (TPSA) is 21.3 Å². The van der Waals surface area contributed by atoms with Crippen molar-refractivity contribution in [3.05, 3.63) is 0 Å². The van der Waals surface area contributed by atoms with E-state index in [2.05, 4.69) is 17.0 Å². The smallest absolute Gasteiger partial charge is 0.372 e. The molecular weight excluding hydrogens is 231 g/mol. The number of halogens is 3. The van der Waals surface area contributed by atoms with Crippen molar-refractivity contribution >= 4 is 0 Å². The van der Waals surface area contributed by atoms with Gasteiger partial charge in [-0.2, -0.15) is 13.2 Å². The highest BCUT2D eigenvalue weighted by molar-refractivity contribution is 4.80. The Morgan fingerprint density at radius 1 is 1.29 bits per heavy atom. The molecule has 0 amide bonds. The molecule has 2 nitrogen and oxygen atoms in total. The third-order valence-corrected chi connectivity index (χ3v) is 2.90. The van der Waals surface area contributed by atoms with E-state index in [-0.39, 0.29) is 6.61 Å². The SMILES string of the molecule is CC(CCCOCC(F)(F)F)CCNC1CC1. The molecule has 1 saturated carbocycles. The summed E-state index contributed by atoms with van der Waals surface area (Å²) in [7, 11) is 0. The van der Waals surface area contributed by atoms with Gasteiger partial charge in [-0.3, -0.25) is 0 Å². The fraction of sp³-hybridized carbons (Fsp3) is 1.00. The van der Waals surface area contributed by atoms with Crippen molar-refractivity contribution < 1.29 is 17.9 Å². The monoisotopic (exact) mass is 253 g/mol. The van der Waals surface area contributed by atoms with Gasteiger partial charge in [-0.25, -0.2) is 0 Å². The summed E-state index contributed by atoms with van der Waals surface area (Å²) in [6.07, 6.45) is 1.12. The van der Waals surface area contributed by atoms with Gasteiger partial charge in [-0.05, 0) is 44.6 Å². The van der Waals surface area contributed by atoms with E-state index < -0.39 is 12.8 Å². The summed E-state index contributed by atoms with van der Waals surface area (Å²) in [5, 5.41) is 3.43. The normalized spacial score (nSPS) is 18.4. The Bertz CT molecular complexity index is 204. The Morgan fingerprint density at radius 2 is 2.00 bits per heavy atom. The zero-order valence-corrected chi connectivity index (χ0v) is 10.4. The van der Waals surface area contributed by atoms with Crippen LogP contribution in [0.1, 0.15) is 39.0 Å². The Balaban J connectivity index is 1.83. The largest absolute Gasteiger partial charge is 0.411 e. The Labute approximate surface area is 101 Å². The molecule has 0 heterocycles. The maximum absolute atomic E-state index is 11.8. The van der Waals surface area contributed by atoms with E-state index in [1.165, 1.54) is 12.8 Å². The minimum absolute atomic E-state index is 0.208. The van der Waals surface area contributed by atoms with Crippen LogP contribution in [-0.4, -0.2) is 32.0 Å². The predicted octanol–water partition coefficient (Wildman–Crippen LogP) is 3.12. The predicted molar refractivity (Wildman–Crippen MR) is 60.9 cm³/mol. The summed E-state index contributed by atoms with van der Waals surface area (Å²) in [4.78, 5) is 0. The van der Waals surface area contributed by atoms with E-state index in [1.54, 1.807) is 0 Å². The highest BCUT2D eigenvalue weighted by atomic mass is 19.4. The van der Waals surface area contributed by atoms with Crippen LogP contribution in [0.15, 0.2) is 0 Å². The van der Waals surface area contributed by atoms with Crippen molar-refractivity contribution in [2.45, 2.75) is 51.2 Å². The molecule has 1 atom stereocenters. The summed E-state index contributed by atoms with van der Waals surface area (Å²) >= 11 is 0. The first-order valence-electron chi connectivity index (χ1n) is 6.35. The van der Waals surface area contributed by atoms with Crippen LogP contribution in [0, 0.1) is 5.92 Å². The molecule has 0 aromatic rings. The molecule has 5 heteroatoms. The number of ether oxygens (including phenoxy) is 1. The second kappa shape index (κ2) is 7.21. The molecule has 1 N–H and O–H groups in total. The van der Waals surface area contributed by atoms with Crippen molar-refractivity contribution in [3.8, 4) is 0 Å². The molecule has 1 aliphatic carbocycles. The average molecular weight is 253 g/mol. The van der Waals surface area contributed by atoms with Crippen LogP contribution in [-0.2, 0) is 4.74 Å². The average Bonchev–Trinajstić information content (AvgIpc) is 2.99. The van der Waals surface area contributed by atoms with Gasteiger partial charge in [0, 0.05) is 12.6 Å². The number of nitrogens with one attached hydrogen (secondary N) is 1. The van der Waals surface area contributed by atoms with Gasteiger partial charge in [0.25, 0.3) is 0 Å². The zero-order valence-electron chi connectivity index (χ0n) is 10.4. The zero-order chi connectivity index (χ0) is 12.7. The van der Waals surface area contributed by atoms with Crippen LogP contribution in [0.25, 0.3) is 0 Å². The minimum Gasteiger partial charge on any atom is -0.372 e. The highest BCUT2D eigenvalue weighted by Crippen LogP contribution is 2.19. The number of hydrogen-bond acceptors (Lipinski definition) is 2. The molecule has 0 spiro atoms.